The van der Waals surface area contributed by atoms with Gasteiger partial charge in [-0.25, -0.2) is 4.79 Å². The molecule has 84 valence electrons. The summed E-state index contributed by atoms with van der Waals surface area (Å²) in [5, 5.41) is 4.03. The third-order valence-electron chi connectivity index (χ3n) is 2.36. The Morgan fingerprint density at radius 1 is 1.38 bits per heavy atom. The Morgan fingerprint density at radius 3 is 2.94 bits per heavy atom. The van der Waals surface area contributed by atoms with Gasteiger partial charge in [-0.1, -0.05) is 11.6 Å². The number of benzene rings is 1. The number of hydrogen-bond donors (Lipinski definition) is 2. The van der Waals surface area contributed by atoms with Crippen molar-refractivity contribution >= 4 is 16.7 Å². The lowest BCUT2D eigenvalue weighted by Gasteiger charge is -2.07. The molecule has 0 amide bonds. The van der Waals surface area contributed by atoms with Crippen LogP contribution in [0, 0.1) is 6.92 Å². The minimum Gasteiger partial charge on any atom is -0.423 e. The van der Waals surface area contributed by atoms with Gasteiger partial charge in [0, 0.05) is 24.5 Å². The summed E-state index contributed by atoms with van der Waals surface area (Å²) in [4.78, 5) is 11.3. The van der Waals surface area contributed by atoms with Crippen LogP contribution in [-0.4, -0.2) is 13.1 Å². The van der Waals surface area contributed by atoms with E-state index in [0.717, 1.165) is 16.6 Å². The largest absolute Gasteiger partial charge is 0.423 e. The first kappa shape index (κ1) is 10.7. The number of rotatable bonds is 3. The molecule has 3 N–H and O–H groups in total. The first-order chi connectivity index (χ1) is 7.70. The number of anilines is 1. The van der Waals surface area contributed by atoms with Crippen molar-refractivity contribution in [1.82, 2.24) is 0 Å². The van der Waals surface area contributed by atoms with Crippen molar-refractivity contribution in [1.29, 1.82) is 0 Å². The molecule has 0 saturated carbocycles. The molecule has 4 nitrogen and oxygen atoms in total. The van der Waals surface area contributed by atoms with Gasteiger partial charge in [0.15, 0.2) is 0 Å². The number of nitrogens with one attached hydrogen (secondary N) is 1. The van der Waals surface area contributed by atoms with Crippen LogP contribution in [0.2, 0.25) is 0 Å². The molecule has 0 aliphatic rings. The molecule has 0 aliphatic carbocycles. The number of hydrogen-bond acceptors (Lipinski definition) is 4. The molecular weight excluding hydrogens is 204 g/mol. The van der Waals surface area contributed by atoms with E-state index in [9.17, 15) is 4.79 Å². The normalized spacial score (nSPS) is 10.6. The Morgan fingerprint density at radius 2 is 2.19 bits per heavy atom. The van der Waals surface area contributed by atoms with E-state index >= 15 is 0 Å². The summed E-state index contributed by atoms with van der Waals surface area (Å²) in [5.41, 5.74) is 7.57. The maximum Gasteiger partial charge on any atom is 0.338 e. The highest BCUT2D eigenvalue weighted by molar-refractivity contribution is 5.90. The lowest BCUT2D eigenvalue weighted by molar-refractivity contribution is 0.561. The fraction of sp³-hybridized carbons (Fsp3) is 0.250. The van der Waals surface area contributed by atoms with Crippen LogP contribution in [0.15, 0.2) is 33.5 Å². The van der Waals surface area contributed by atoms with Gasteiger partial charge in [0.05, 0.1) is 5.69 Å². The van der Waals surface area contributed by atoms with E-state index in [4.69, 9.17) is 10.2 Å². The van der Waals surface area contributed by atoms with Crippen molar-refractivity contribution in [2.75, 3.05) is 18.4 Å². The predicted octanol–water partition coefficient (Wildman–Crippen LogP) is 1.47. The summed E-state index contributed by atoms with van der Waals surface area (Å²) >= 11 is 0. The Labute approximate surface area is 93.1 Å². The van der Waals surface area contributed by atoms with Crippen molar-refractivity contribution in [3.05, 3.63) is 40.2 Å². The van der Waals surface area contributed by atoms with Gasteiger partial charge in [-0.15, -0.1) is 0 Å². The van der Waals surface area contributed by atoms with Gasteiger partial charge in [0.2, 0.25) is 0 Å². The van der Waals surface area contributed by atoms with E-state index in [1.54, 1.807) is 6.07 Å². The van der Waals surface area contributed by atoms with Crippen LogP contribution in [-0.2, 0) is 0 Å². The van der Waals surface area contributed by atoms with Crippen LogP contribution in [0.4, 0.5) is 5.69 Å². The molecule has 0 fully saturated rings. The van der Waals surface area contributed by atoms with Crippen molar-refractivity contribution in [3.63, 3.8) is 0 Å². The minimum atomic E-state index is -0.351. The van der Waals surface area contributed by atoms with Crippen LogP contribution >= 0.6 is 0 Å². The van der Waals surface area contributed by atoms with Gasteiger partial charge in [0.25, 0.3) is 0 Å². The van der Waals surface area contributed by atoms with E-state index in [1.165, 1.54) is 6.07 Å². The lowest BCUT2D eigenvalue weighted by atomic mass is 10.1. The molecule has 0 bridgehead atoms. The monoisotopic (exact) mass is 218 g/mol. The molecule has 1 aromatic carbocycles. The molecule has 2 aromatic rings. The van der Waals surface area contributed by atoms with E-state index in [0.29, 0.717) is 18.7 Å². The van der Waals surface area contributed by atoms with Crippen LogP contribution in [0.5, 0.6) is 0 Å². The Kier molecular flexibility index (Phi) is 2.92. The molecule has 0 aliphatic heterocycles. The van der Waals surface area contributed by atoms with Gasteiger partial charge in [0.1, 0.15) is 5.58 Å². The van der Waals surface area contributed by atoms with Gasteiger partial charge < -0.3 is 15.5 Å². The molecular formula is C12H14N2O2. The fourth-order valence-corrected chi connectivity index (χ4v) is 1.63. The maximum absolute atomic E-state index is 11.3. The van der Waals surface area contributed by atoms with Crippen LogP contribution in [0.25, 0.3) is 11.0 Å². The molecule has 2 rings (SSSR count). The zero-order valence-electron chi connectivity index (χ0n) is 9.12. The Balaban J connectivity index is 2.60. The molecule has 1 heterocycles. The summed E-state index contributed by atoms with van der Waals surface area (Å²) < 4.78 is 5.11. The predicted molar refractivity (Wildman–Crippen MR) is 64.8 cm³/mol. The van der Waals surface area contributed by atoms with Gasteiger partial charge in [-0.2, -0.15) is 0 Å². The summed E-state index contributed by atoms with van der Waals surface area (Å²) in [6.45, 7) is 3.15. The fourth-order valence-electron chi connectivity index (χ4n) is 1.63. The van der Waals surface area contributed by atoms with Crippen molar-refractivity contribution in [2.45, 2.75) is 6.92 Å². The first-order valence-corrected chi connectivity index (χ1v) is 5.19. The van der Waals surface area contributed by atoms with Crippen molar-refractivity contribution in [2.24, 2.45) is 5.73 Å². The van der Waals surface area contributed by atoms with E-state index < -0.39 is 0 Å². The topological polar surface area (TPSA) is 68.3 Å². The highest BCUT2D eigenvalue weighted by atomic mass is 16.4. The summed E-state index contributed by atoms with van der Waals surface area (Å²) in [5.74, 6) is 0. The number of nitrogens with two attached hydrogens (primary N) is 1. The SMILES string of the molecule is Cc1ccc2oc(=O)cc(NCCN)c2c1. The molecule has 0 saturated heterocycles. The van der Waals surface area contributed by atoms with E-state index in [1.807, 2.05) is 19.1 Å². The number of aryl methyl sites for hydroxylation is 1. The van der Waals surface area contributed by atoms with Gasteiger partial charge >= 0.3 is 5.63 Å². The average Bonchev–Trinajstić information content (AvgIpc) is 2.26. The molecule has 0 spiro atoms. The highest BCUT2D eigenvalue weighted by Gasteiger charge is 2.04. The third kappa shape index (κ3) is 2.06. The van der Waals surface area contributed by atoms with Gasteiger partial charge in [-0.3, -0.25) is 0 Å². The summed E-state index contributed by atoms with van der Waals surface area (Å²) in [6, 6.07) is 7.16. The van der Waals surface area contributed by atoms with Crippen molar-refractivity contribution < 1.29 is 4.42 Å². The van der Waals surface area contributed by atoms with Gasteiger partial charge in [-0.05, 0) is 19.1 Å². The van der Waals surface area contributed by atoms with Crippen LogP contribution < -0.4 is 16.7 Å². The summed E-state index contributed by atoms with van der Waals surface area (Å²) in [6.07, 6.45) is 0. The molecule has 0 unspecified atom stereocenters. The zero-order chi connectivity index (χ0) is 11.5. The maximum atomic E-state index is 11.3. The zero-order valence-corrected chi connectivity index (χ0v) is 9.12. The standard InChI is InChI=1S/C12H14N2O2/c1-8-2-3-11-9(6-8)10(14-5-4-13)7-12(15)16-11/h2-3,6-7,14H,4-5,13H2,1H3. The molecule has 16 heavy (non-hydrogen) atoms. The molecule has 0 radical (unpaired) electrons. The highest BCUT2D eigenvalue weighted by Crippen LogP contribution is 2.22. The van der Waals surface area contributed by atoms with E-state index in [2.05, 4.69) is 5.32 Å². The second-order valence-electron chi connectivity index (χ2n) is 3.69. The molecule has 1 aromatic heterocycles. The average molecular weight is 218 g/mol. The Hall–Kier alpha value is -1.81. The van der Waals surface area contributed by atoms with Crippen molar-refractivity contribution in [3.8, 4) is 0 Å². The molecule has 4 heteroatoms. The Bertz CT molecular complexity index is 560. The second-order valence-corrected chi connectivity index (χ2v) is 3.69. The minimum absolute atomic E-state index is 0.351. The quantitative estimate of drug-likeness (QED) is 0.765. The second kappa shape index (κ2) is 4.37. The molecule has 0 atom stereocenters. The smallest absolute Gasteiger partial charge is 0.338 e. The van der Waals surface area contributed by atoms with Crippen LogP contribution in [0.1, 0.15) is 5.56 Å². The number of fused-ring (bicyclic) bond motifs is 1. The third-order valence-corrected chi connectivity index (χ3v) is 2.36. The van der Waals surface area contributed by atoms with Crippen LogP contribution in [0.3, 0.4) is 0 Å². The summed E-state index contributed by atoms with van der Waals surface area (Å²) in [7, 11) is 0. The lowest BCUT2D eigenvalue weighted by Crippen LogP contribution is -2.14. The van der Waals surface area contributed by atoms with E-state index in [-0.39, 0.29) is 5.63 Å². The first-order valence-electron chi connectivity index (χ1n) is 5.19.